The third-order valence-corrected chi connectivity index (χ3v) is 6.47. The molecule has 1 N–H and O–H groups in total. The molecule has 154 valence electrons. The van der Waals surface area contributed by atoms with Crippen LogP contribution in [0.3, 0.4) is 0 Å². The quantitative estimate of drug-likeness (QED) is 0.360. The lowest BCUT2D eigenvalue weighted by atomic mass is 10.2. The van der Waals surface area contributed by atoms with Gasteiger partial charge in [0.25, 0.3) is 5.22 Å². The molecule has 0 atom stereocenters. The van der Waals surface area contributed by atoms with Crippen LogP contribution in [-0.2, 0) is 17.6 Å². The van der Waals surface area contributed by atoms with Gasteiger partial charge in [0.05, 0.1) is 26.5 Å². The first-order valence-corrected chi connectivity index (χ1v) is 11.5. The van der Waals surface area contributed by atoms with E-state index >= 15 is 0 Å². The number of pyridine rings is 1. The standard InChI is InChI=1S/C22H17N5O2S2/c28-19(24-15-7-8-16-14(12-15)4-3-11-23-16)13-30-22-27-26-20(29-22)9-10-21-25-17-5-1-2-6-18(17)31-21/h1-8,11-12H,9-10,13H2,(H,24,28). The van der Waals surface area contributed by atoms with Gasteiger partial charge in [-0.3, -0.25) is 9.78 Å². The first-order valence-electron chi connectivity index (χ1n) is 9.67. The second kappa shape index (κ2) is 8.83. The third kappa shape index (κ3) is 4.73. The highest BCUT2D eigenvalue weighted by Gasteiger charge is 2.12. The van der Waals surface area contributed by atoms with Crippen LogP contribution < -0.4 is 5.32 Å². The molecule has 5 aromatic rings. The predicted molar refractivity (Wildman–Crippen MR) is 122 cm³/mol. The molecule has 0 aliphatic carbocycles. The lowest BCUT2D eigenvalue weighted by Gasteiger charge is -2.05. The highest BCUT2D eigenvalue weighted by molar-refractivity contribution is 7.99. The first-order chi connectivity index (χ1) is 15.2. The summed E-state index contributed by atoms with van der Waals surface area (Å²) in [5.74, 6) is 0.594. The molecule has 0 unspecified atom stereocenters. The Morgan fingerprint density at radius 3 is 2.90 bits per heavy atom. The number of nitrogens with one attached hydrogen (secondary N) is 1. The molecular weight excluding hydrogens is 430 g/mol. The van der Waals surface area contributed by atoms with Gasteiger partial charge in [-0.05, 0) is 36.4 Å². The Kier molecular flexibility index (Phi) is 5.59. The number of anilines is 1. The molecule has 0 radical (unpaired) electrons. The zero-order valence-corrected chi connectivity index (χ0v) is 17.9. The van der Waals surface area contributed by atoms with Gasteiger partial charge < -0.3 is 9.73 Å². The van der Waals surface area contributed by atoms with Crippen LogP contribution in [-0.4, -0.2) is 31.8 Å². The Labute approximate surface area is 185 Å². The molecule has 0 aliphatic heterocycles. The van der Waals surface area contributed by atoms with Gasteiger partial charge >= 0.3 is 0 Å². The van der Waals surface area contributed by atoms with E-state index in [-0.39, 0.29) is 11.7 Å². The minimum atomic E-state index is -0.137. The third-order valence-electron chi connectivity index (χ3n) is 4.55. The molecule has 0 fully saturated rings. The maximum absolute atomic E-state index is 12.3. The Morgan fingerprint density at radius 1 is 1.03 bits per heavy atom. The molecule has 0 spiro atoms. The summed E-state index contributed by atoms with van der Waals surface area (Å²) >= 11 is 2.90. The number of carbonyl (C=O) groups is 1. The fourth-order valence-electron chi connectivity index (χ4n) is 3.12. The van der Waals surface area contributed by atoms with E-state index in [4.69, 9.17) is 4.42 Å². The molecule has 2 aromatic carbocycles. The van der Waals surface area contributed by atoms with Gasteiger partial charge in [-0.15, -0.1) is 21.5 Å². The normalized spacial score (nSPS) is 11.2. The lowest BCUT2D eigenvalue weighted by molar-refractivity contribution is -0.113. The van der Waals surface area contributed by atoms with Gasteiger partial charge in [0, 0.05) is 30.1 Å². The number of carbonyl (C=O) groups excluding carboxylic acids is 1. The Bertz CT molecular complexity index is 1330. The maximum Gasteiger partial charge on any atom is 0.277 e. The van der Waals surface area contributed by atoms with E-state index in [0.29, 0.717) is 17.5 Å². The van der Waals surface area contributed by atoms with Crippen molar-refractivity contribution in [3.63, 3.8) is 0 Å². The zero-order valence-electron chi connectivity index (χ0n) is 16.3. The number of aryl methyl sites for hydroxylation is 2. The number of hydrogen-bond donors (Lipinski definition) is 1. The van der Waals surface area contributed by atoms with Gasteiger partial charge in [0.2, 0.25) is 11.8 Å². The van der Waals surface area contributed by atoms with Crippen LogP contribution in [0, 0.1) is 0 Å². The smallest absolute Gasteiger partial charge is 0.277 e. The molecule has 0 aliphatic rings. The average molecular weight is 448 g/mol. The molecule has 3 heterocycles. The monoisotopic (exact) mass is 447 g/mol. The summed E-state index contributed by atoms with van der Waals surface area (Å²) in [4.78, 5) is 21.2. The van der Waals surface area contributed by atoms with Crippen molar-refractivity contribution in [2.75, 3.05) is 11.1 Å². The van der Waals surface area contributed by atoms with Crippen molar-refractivity contribution in [2.24, 2.45) is 0 Å². The van der Waals surface area contributed by atoms with E-state index < -0.39 is 0 Å². The van der Waals surface area contributed by atoms with Crippen molar-refractivity contribution in [1.82, 2.24) is 20.2 Å². The van der Waals surface area contributed by atoms with Crippen LogP contribution >= 0.6 is 23.1 Å². The number of para-hydroxylation sites is 1. The highest BCUT2D eigenvalue weighted by atomic mass is 32.2. The zero-order chi connectivity index (χ0) is 21.0. The van der Waals surface area contributed by atoms with Crippen molar-refractivity contribution >= 4 is 55.8 Å². The number of hydrogen-bond acceptors (Lipinski definition) is 8. The minimum Gasteiger partial charge on any atom is -0.416 e. The summed E-state index contributed by atoms with van der Waals surface area (Å²) in [5.41, 5.74) is 2.63. The number of aromatic nitrogens is 4. The predicted octanol–water partition coefficient (Wildman–Crippen LogP) is 4.74. The first kappa shape index (κ1) is 19.7. The number of nitrogens with zero attached hydrogens (tertiary/aromatic N) is 4. The molecule has 0 saturated carbocycles. The van der Waals surface area contributed by atoms with Crippen LogP contribution in [0.5, 0.6) is 0 Å². The largest absolute Gasteiger partial charge is 0.416 e. The van der Waals surface area contributed by atoms with E-state index in [9.17, 15) is 4.79 Å². The molecule has 5 rings (SSSR count). The van der Waals surface area contributed by atoms with E-state index in [0.717, 1.165) is 33.5 Å². The number of thiazole rings is 1. The molecule has 0 saturated heterocycles. The van der Waals surface area contributed by atoms with E-state index in [2.05, 4.69) is 31.5 Å². The van der Waals surface area contributed by atoms with Crippen molar-refractivity contribution in [3.05, 3.63) is 71.7 Å². The number of rotatable bonds is 7. The number of benzene rings is 2. The van der Waals surface area contributed by atoms with Gasteiger partial charge in [0.15, 0.2) is 0 Å². The second-order valence-corrected chi connectivity index (χ2v) is 8.83. The Hall–Kier alpha value is -3.30. The van der Waals surface area contributed by atoms with Crippen molar-refractivity contribution < 1.29 is 9.21 Å². The van der Waals surface area contributed by atoms with Crippen molar-refractivity contribution in [2.45, 2.75) is 18.1 Å². The maximum atomic E-state index is 12.3. The Morgan fingerprint density at radius 2 is 1.97 bits per heavy atom. The summed E-state index contributed by atoms with van der Waals surface area (Å²) in [7, 11) is 0. The van der Waals surface area contributed by atoms with Crippen molar-refractivity contribution in [3.8, 4) is 0 Å². The summed E-state index contributed by atoms with van der Waals surface area (Å²) in [6.45, 7) is 0. The van der Waals surface area contributed by atoms with Gasteiger partial charge in [-0.25, -0.2) is 4.98 Å². The fourth-order valence-corrected chi connectivity index (χ4v) is 4.66. The number of fused-ring (bicyclic) bond motifs is 2. The van der Waals surface area contributed by atoms with Crippen LogP contribution in [0.15, 0.2) is 70.4 Å². The lowest BCUT2D eigenvalue weighted by Crippen LogP contribution is -2.13. The second-order valence-electron chi connectivity index (χ2n) is 6.78. The fraction of sp³-hybridized carbons (Fsp3) is 0.136. The molecule has 31 heavy (non-hydrogen) atoms. The summed E-state index contributed by atoms with van der Waals surface area (Å²) in [6, 6.07) is 17.5. The SMILES string of the molecule is O=C(CSc1nnc(CCc2nc3ccccc3s2)o1)Nc1ccc2ncccc2c1. The molecular formula is C22H17N5O2S2. The van der Waals surface area contributed by atoms with Gasteiger partial charge in [-0.2, -0.15) is 0 Å². The molecule has 7 nitrogen and oxygen atoms in total. The van der Waals surface area contributed by atoms with Crippen LogP contribution in [0.4, 0.5) is 5.69 Å². The topological polar surface area (TPSA) is 93.8 Å². The average Bonchev–Trinajstić information content (AvgIpc) is 3.42. The van der Waals surface area contributed by atoms with E-state index in [1.165, 1.54) is 16.5 Å². The van der Waals surface area contributed by atoms with Crippen LogP contribution in [0.1, 0.15) is 10.9 Å². The summed E-state index contributed by atoms with van der Waals surface area (Å²) in [5, 5.41) is 13.4. The molecule has 9 heteroatoms. The highest BCUT2D eigenvalue weighted by Crippen LogP contribution is 2.23. The molecule has 0 bridgehead atoms. The van der Waals surface area contributed by atoms with E-state index in [1.807, 2.05) is 48.5 Å². The van der Waals surface area contributed by atoms with Crippen molar-refractivity contribution in [1.29, 1.82) is 0 Å². The van der Waals surface area contributed by atoms with Gasteiger partial charge in [-0.1, -0.05) is 30.0 Å². The van der Waals surface area contributed by atoms with E-state index in [1.54, 1.807) is 17.5 Å². The van der Waals surface area contributed by atoms with Crippen LogP contribution in [0.2, 0.25) is 0 Å². The number of thioether (sulfide) groups is 1. The summed E-state index contributed by atoms with van der Waals surface area (Å²) < 4.78 is 6.84. The minimum absolute atomic E-state index is 0.137. The Balaban J connectivity index is 1.13. The van der Waals surface area contributed by atoms with Gasteiger partial charge in [0.1, 0.15) is 0 Å². The molecule has 3 aromatic heterocycles. The summed E-state index contributed by atoms with van der Waals surface area (Å²) in [6.07, 6.45) is 3.10. The molecule has 1 amide bonds. The number of amides is 1. The van der Waals surface area contributed by atoms with Crippen LogP contribution in [0.25, 0.3) is 21.1 Å².